The summed E-state index contributed by atoms with van der Waals surface area (Å²) in [6, 6.07) is 4.07. The molecule has 0 amide bonds. The fourth-order valence-corrected chi connectivity index (χ4v) is 2.00. The molecule has 4 nitrogen and oxygen atoms in total. The molecule has 2 aromatic rings. The zero-order valence-electron chi connectivity index (χ0n) is 9.26. The predicted octanol–water partition coefficient (Wildman–Crippen LogP) is 2.50. The van der Waals surface area contributed by atoms with Gasteiger partial charge in [0.25, 0.3) is 0 Å². The predicted molar refractivity (Wildman–Crippen MR) is 62.5 cm³/mol. The third kappa shape index (κ3) is 1.93. The van der Waals surface area contributed by atoms with E-state index in [0.717, 1.165) is 17.8 Å². The minimum absolute atomic E-state index is 0.125. The summed E-state index contributed by atoms with van der Waals surface area (Å²) in [5.74, 6) is 0.898. The second kappa shape index (κ2) is 4.61. The van der Waals surface area contributed by atoms with Gasteiger partial charge in [-0.15, -0.1) is 10.2 Å². The summed E-state index contributed by atoms with van der Waals surface area (Å²) >= 11 is 6.04. The monoisotopic (exact) mass is 236 g/mol. The first-order valence-electron chi connectivity index (χ1n) is 5.23. The molecule has 84 valence electrons. The Morgan fingerprint density at radius 3 is 2.62 bits per heavy atom. The van der Waals surface area contributed by atoms with Crippen molar-refractivity contribution in [3.63, 3.8) is 0 Å². The molecule has 1 unspecified atom stereocenters. The van der Waals surface area contributed by atoms with Crippen LogP contribution in [0.2, 0.25) is 5.28 Å². The molecule has 0 spiro atoms. The number of hydrogen-bond acceptors (Lipinski definition) is 3. The fourth-order valence-electron chi connectivity index (χ4n) is 1.72. The molecule has 5 heteroatoms. The van der Waals surface area contributed by atoms with Crippen LogP contribution in [0.4, 0.5) is 0 Å². The molecule has 0 bridgehead atoms. The van der Waals surface area contributed by atoms with Gasteiger partial charge in [-0.3, -0.25) is 9.55 Å². The van der Waals surface area contributed by atoms with E-state index >= 15 is 0 Å². The second-order valence-electron chi connectivity index (χ2n) is 3.57. The van der Waals surface area contributed by atoms with Crippen molar-refractivity contribution in [3.05, 3.63) is 41.2 Å². The van der Waals surface area contributed by atoms with Gasteiger partial charge in [0, 0.05) is 18.8 Å². The highest BCUT2D eigenvalue weighted by molar-refractivity contribution is 6.28. The lowest BCUT2D eigenvalue weighted by Gasteiger charge is -2.15. The summed E-state index contributed by atoms with van der Waals surface area (Å²) in [5, 5.41) is 8.37. The molecule has 0 aliphatic carbocycles. The highest BCUT2D eigenvalue weighted by Crippen LogP contribution is 2.22. The van der Waals surface area contributed by atoms with E-state index in [9.17, 15) is 0 Å². The number of aryl methyl sites for hydroxylation is 1. The van der Waals surface area contributed by atoms with E-state index in [1.54, 1.807) is 12.4 Å². The van der Waals surface area contributed by atoms with Crippen molar-refractivity contribution in [1.29, 1.82) is 0 Å². The van der Waals surface area contributed by atoms with Crippen molar-refractivity contribution in [2.75, 3.05) is 0 Å². The summed E-state index contributed by atoms with van der Waals surface area (Å²) in [4.78, 5) is 4.00. The summed E-state index contributed by atoms with van der Waals surface area (Å²) in [6.07, 6.45) is 4.36. The lowest BCUT2D eigenvalue weighted by Crippen LogP contribution is -2.10. The molecule has 2 rings (SSSR count). The number of aromatic nitrogens is 4. The van der Waals surface area contributed by atoms with Gasteiger partial charge in [0.2, 0.25) is 5.28 Å². The average molecular weight is 237 g/mol. The van der Waals surface area contributed by atoms with Crippen molar-refractivity contribution < 1.29 is 0 Å². The summed E-state index contributed by atoms with van der Waals surface area (Å²) < 4.78 is 1.94. The maximum absolute atomic E-state index is 6.04. The zero-order chi connectivity index (χ0) is 11.5. The molecule has 2 heterocycles. The van der Waals surface area contributed by atoms with E-state index in [4.69, 9.17) is 11.6 Å². The van der Waals surface area contributed by atoms with Crippen molar-refractivity contribution in [3.8, 4) is 0 Å². The number of nitrogens with zero attached hydrogens (tertiary/aromatic N) is 4. The van der Waals surface area contributed by atoms with Gasteiger partial charge >= 0.3 is 0 Å². The van der Waals surface area contributed by atoms with Crippen LogP contribution in [0.1, 0.15) is 31.3 Å². The third-order valence-corrected chi connectivity index (χ3v) is 2.87. The van der Waals surface area contributed by atoms with Gasteiger partial charge in [-0.05, 0) is 36.2 Å². The number of halogens is 1. The Balaban J connectivity index is 2.41. The first-order chi connectivity index (χ1) is 7.74. The first kappa shape index (κ1) is 11.1. The Labute approximate surface area is 99.3 Å². The zero-order valence-corrected chi connectivity index (χ0v) is 10.0. The van der Waals surface area contributed by atoms with Gasteiger partial charge in [-0.25, -0.2) is 0 Å². The van der Waals surface area contributed by atoms with Gasteiger partial charge in [-0.2, -0.15) is 0 Å². The molecular formula is C11H13ClN4. The Morgan fingerprint density at radius 2 is 2.00 bits per heavy atom. The van der Waals surface area contributed by atoms with Crippen LogP contribution in [-0.4, -0.2) is 19.7 Å². The van der Waals surface area contributed by atoms with Crippen LogP contribution in [0, 0.1) is 0 Å². The molecule has 1 atom stereocenters. The van der Waals surface area contributed by atoms with Crippen LogP contribution in [-0.2, 0) is 6.42 Å². The minimum atomic E-state index is 0.125. The Hall–Kier alpha value is -1.42. The van der Waals surface area contributed by atoms with Crippen molar-refractivity contribution >= 4 is 11.6 Å². The quantitative estimate of drug-likeness (QED) is 0.823. The molecule has 0 saturated carbocycles. The standard InChI is InChI=1S/C11H13ClN4/c1-3-10-14-15-11(12)16(10)8(2)9-4-6-13-7-5-9/h4-8H,3H2,1-2H3. The Bertz CT molecular complexity index is 466. The molecule has 0 fully saturated rings. The Kier molecular flexibility index (Phi) is 3.19. The Morgan fingerprint density at radius 1 is 1.31 bits per heavy atom. The van der Waals surface area contributed by atoms with Crippen LogP contribution >= 0.6 is 11.6 Å². The molecule has 16 heavy (non-hydrogen) atoms. The van der Waals surface area contributed by atoms with Crippen LogP contribution in [0.25, 0.3) is 0 Å². The van der Waals surface area contributed by atoms with Crippen LogP contribution in [0.5, 0.6) is 0 Å². The van der Waals surface area contributed by atoms with E-state index in [-0.39, 0.29) is 6.04 Å². The van der Waals surface area contributed by atoms with Crippen LogP contribution in [0.15, 0.2) is 24.5 Å². The van der Waals surface area contributed by atoms with E-state index in [0.29, 0.717) is 5.28 Å². The van der Waals surface area contributed by atoms with Crippen molar-refractivity contribution in [2.45, 2.75) is 26.3 Å². The number of hydrogen-bond donors (Lipinski definition) is 0. The minimum Gasteiger partial charge on any atom is -0.294 e. The van der Waals surface area contributed by atoms with Gasteiger partial charge in [0.05, 0.1) is 6.04 Å². The largest absolute Gasteiger partial charge is 0.294 e. The van der Waals surface area contributed by atoms with Gasteiger partial charge < -0.3 is 0 Å². The third-order valence-electron chi connectivity index (χ3n) is 2.62. The lowest BCUT2D eigenvalue weighted by molar-refractivity contribution is 0.605. The highest BCUT2D eigenvalue weighted by atomic mass is 35.5. The normalized spacial score (nSPS) is 12.7. The molecule has 0 aliphatic rings. The number of pyridine rings is 1. The maximum Gasteiger partial charge on any atom is 0.225 e. The molecule has 0 radical (unpaired) electrons. The molecule has 0 aromatic carbocycles. The van der Waals surface area contributed by atoms with Gasteiger partial charge in [-0.1, -0.05) is 6.92 Å². The van der Waals surface area contributed by atoms with Gasteiger partial charge in [0.15, 0.2) is 0 Å². The summed E-state index contributed by atoms with van der Waals surface area (Å²) in [6.45, 7) is 4.11. The topological polar surface area (TPSA) is 43.6 Å². The summed E-state index contributed by atoms with van der Waals surface area (Å²) in [5.41, 5.74) is 1.14. The maximum atomic E-state index is 6.04. The van der Waals surface area contributed by atoms with E-state index < -0.39 is 0 Å². The first-order valence-corrected chi connectivity index (χ1v) is 5.61. The van der Waals surface area contributed by atoms with Crippen LogP contribution in [0.3, 0.4) is 0 Å². The lowest BCUT2D eigenvalue weighted by atomic mass is 10.1. The molecular weight excluding hydrogens is 224 g/mol. The molecule has 0 aliphatic heterocycles. The van der Waals surface area contributed by atoms with Gasteiger partial charge in [0.1, 0.15) is 5.82 Å². The van der Waals surface area contributed by atoms with Crippen molar-refractivity contribution in [1.82, 2.24) is 19.7 Å². The smallest absolute Gasteiger partial charge is 0.225 e. The molecule has 2 aromatic heterocycles. The van der Waals surface area contributed by atoms with E-state index in [1.807, 2.05) is 23.6 Å². The van der Waals surface area contributed by atoms with Crippen LogP contribution < -0.4 is 0 Å². The fraction of sp³-hybridized carbons (Fsp3) is 0.364. The second-order valence-corrected chi connectivity index (χ2v) is 3.90. The molecule has 0 saturated heterocycles. The van der Waals surface area contributed by atoms with E-state index in [2.05, 4.69) is 22.1 Å². The SMILES string of the molecule is CCc1nnc(Cl)n1C(C)c1ccncc1. The van der Waals surface area contributed by atoms with Crippen molar-refractivity contribution in [2.24, 2.45) is 0 Å². The van der Waals surface area contributed by atoms with E-state index in [1.165, 1.54) is 0 Å². The molecule has 0 N–H and O–H groups in total. The average Bonchev–Trinajstić information content (AvgIpc) is 2.70. The number of rotatable bonds is 3. The summed E-state index contributed by atoms with van der Waals surface area (Å²) in [7, 11) is 0. The highest BCUT2D eigenvalue weighted by Gasteiger charge is 2.16.